The van der Waals surface area contributed by atoms with Crippen molar-refractivity contribution in [2.75, 3.05) is 5.32 Å². The topological polar surface area (TPSA) is 24.9 Å². The molecule has 0 radical (unpaired) electrons. The van der Waals surface area contributed by atoms with Crippen molar-refractivity contribution in [2.24, 2.45) is 5.41 Å². The molecule has 2 nitrogen and oxygen atoms in total. The number of hydrogen-bond acceptors (Lipinski definition) is 2. The van der Waals surface area contributed by atoms with Crippen molar-refractivity contribution >= 4 is 21.6 Å². The Kier molecular flexibility index (Phi) is 3.76. The van der Waals surface area contributed by atoms with Gasteiger partial charge < -0.3 is 5.32 Å². The van der Waals surface area contributed by atoms with Gasteiger partial charge >= 0.3 is 0 Å². The van der Waals surface area contributed by atoms with Gasteiger partial charge in [0.05, 0.1) is 11.9 Å². The molecule has 1 aliphatic rings. The largest absolute Gasteiger partial charge is 0.381 e. The average molecular weight is 297 g/mol. The first-order chi connectivity index (χ1) is 7.96. The maximum absolute atomic E-state index is 4.33. The van der Waals surface area contributed by atoms with Crippen molar-refractivity contribution in [1.29, 1.82) is 0 Å². The van der Waals surface area contributed by atoms with Gasteiger partial charge in [-0.25, -0.2) is 4.98 Å². The molecule has 0 amide bonds. The van der Waals surface area contributed by atoms with E-state index >= 15 is 0 Å². The van der Waals surface area contributed by atoms with Crippen LogP contribution in [0.2, 0.25) is 0 Å². The summed E-state index contributed by atoms with van der Waals surface area (Å²) in [6.45, 7) is 6.81. The van der Waals surface area contributed by atoms with Crippen LogP contribution in [0, 0.1) is 12.3 Å². The predicted octanol–water partition coefficient (Wildman–Crippen LogP) is 4.53. The van der Waals surface area contributed by atoms with Crippen LogP contribution in [0.1, 0.15) is 45.1 Å². The van der Waals surface area contributed by atoms with Crippen LogP contribution >= 0.6 is 15.9 Å². The molecule has 1 fully saturated rings. The van der Waals surface area contributed by atoms with Crippen LogP contribution in [0.25, 0.3) is 0 Å². The molecule has 1 aliphatic carbocycles. The Morgan fingerprint density at radius 2 is 2.24 bits per heavy atom. The molecule has 17 heavy (non-hydrogen) atoms. The molecule has 2 rings (SSSR count). The van der Waals surface area contributed by atoms with E-state index in [1.807, 2.05) is 6.20 Å². The van der Waals surface area contributed by atoms with Crippen molar-refractivity contribution in [2.45, 2.75) is 52.5 Å². The Balaban J connectivity index is 2.03. The predicted molar refractivity (Wildman–Crippen MR) is 76.3 cm³/mol. The van der Waals surface area contributed by atoms with Crippen LogP contribution in [-0.2, 0) is 0 Å². The average Bonchev–Trinajstić information content (AvgIpc) is 2.22. The molecule has 0 bridgehead atoms. The molecule has 1 aromatic rings. The minimum atomic E-state index is 0.480. The van der Waals surface area contributed by atoms with Gasteiger partial charge in [-0.1, -0.05) is 20.3 Å². The first-order valence-electron chi connectivity index (χ1n) is 6.35. The number of rotatable bonds is 2. The smallest absolute Gasteiger partial charge is 0.109 e. The molecule has 3 heteroatoms. The summed E-state index contributed by atoms with van der Waals surface area (Å²) in [6.07, 6.45) is 7.12. The van der Waals surface area contributed by atoms with Gasteiger partial charge in [0.1, 0.15) is 4.60 Å². The fourth-order valence-electron chi connectivity index (χ4n) is 2.69. The van der Waals surface area contributed by atoms with Crippen LogP contribution < -0.4 is 5.32 Å². The van der Waals surface area contributed by atoms with E-state index in [1.165, 1.54) is 31.2 Å². The second kappa shape index (κ2) is 4.97. The van der Waals surface area contributed by atoms with Crippen molar-refractivity contribution in [3.63, 3.8) is 0 Å². The Morgan fingerprint density at radius 3 is 2.88 bits per heavy atom. The molecule has 0 saturated heterocycles. The van der Waals surface area contributed by atoms with Gasteiger partial charge in [0.15, 0.2) is 0 Å². The van der Waals surface area contributed by atoms with Crippen molar-refractivity contribution in [3.8, 4) is 0 Å². The molecule has 0 aromatic carbocycles. The molecule has 1 N–H and O–H groups in total. The fraction of sp³-hybridized carbons (Fsp3) is 0.643. The number of aryl methyl sites for hydroxylation is 1. The Morgan fingerprint density at radius 1 is 1.47 bits per heavy atom. The minimum Gasteiger partial charge on any atom is -0.381 e. The van der Waals surface area contributed by atoms with Gasteiger partial charge in [-0.05, 0) is 59.2 Å². The molecular formula is C14H21BrN2. The highest BCUT2D eigenvalue weighted by Gasteiger charge is 2.27. The third kappa shape index (κ3) is 3.44. The first-order valence-corrected chi connectivity index (χ1v) is 7.14. The highest BCUT2D eigenvalue weighted by Crippen LogP contribution is 2.36. The fourth-order valence-corrected chi connectivity index (χ4v) is 2.91. The van der Waals surface area contributed by atoms with Gasteiger partial charge in [-0.15, -0.1) is 0 Å². The van der Waals surface area contributed by atoms with Crippen LogP contribution in [-0.4, -0.2) is 11.0 Å². The Hall–Kier alpha value is -0.570. The number of pyridine rings is 1. The summed E-state index contributed by atoms with van der Waals surface area (Å²) in [5, 5.41) is 3.62. The SMILES string of the molecule is Cc1cc(NC2CCCC(C)(C)C2)cnc1Br. The molecule has 1 heterocycles. The van der Waals surface area contributed by atoms with Crippen molar-refractivity contribution < 1.29 is 0 Å². The number of nitrogens with one attached hydrogen (secondary N) is 1. The van der Waals surface area contributed by atoms with Crippen LogP contribution in [0.5, 0.6) is 0 Å². The van der Waals surface area contributed by atoms with E-state index in [0.717, 1.165) is 10.3 Å². The number of aromatic nitrogens is 1. The van der Waals surface area contributed by atoms with E-state index < -0.39 is 0 Å². The Bertz CT molecular complexity index is 401. The molecular weight excluding hydrogens is 276 g/mol. The summed E-state index contributed by atoms with van der Waals surface area (Å²) in [7, 11) is 0. The van der Waals surface area contributed by atoms with Gasteiger partial charge in [0, 0.05) is 6.04 Å². The highest BCUT2D eigenvalue weighted by atomic mass is 79.9. The zero-order valence-corrected chi connectivity index (χ0v) is 12.5. The van der Waals surface area contributed by atoms with Gasteiger partial charge in [0.25, 0.3) is 0 Å². The van der Waals surface area contributed by atoms with Crippen LogP contribution in [0.15, 0.2) is 16.9 Å². The summed E-state index contributed by atoms with van der Waals surface area (Å²) in [6, 6.07) is 2.76. The van der Waals surface area contributed by atoms with Crippen LogP contribution in [0.4, 0.5) is 5.69 Å². The summed E-state index contributed by atoms with van der Waals surface area (Å²) in [5.74, 6) is 0. The van der Waals surface area contributed by atoms with Gasteiger partial charge in [-0.3, -0.25) is 0 Å². The summed E-state index contributed by atoms with van der Waals surface area (Å²) in [5.41, 5.74) is 2.81. The molecule has 94 valence electrons. The minimum absolute atomic E-state index is 0.480. The molecule has 1 atom stereocenters. The number of nitrogens with zero attached hydrogens (tertiary/aromatic N) is 1. The lowest BCUT2D eigenvalue weighted by atomic mass is 9.75. The summed E-state index contributed by atoms with van der Waals surface area (Å²) >= 11 is 3.43. The lowest BCUT2D eigenvalue weighted by Gasteiger charge is -2.36. The monoisotopic (exact) mass is 296 g/mol. The maximum Gasteiger partial charge on any atom is 0.109 e. The third-order valence-electron chi connectivity index (χ3n) is 3.59. The molecule has 1 saturated carbocycles. The lowest BCUT2D eigenvalue weighted by Crippen LogP contribution is -2.31. The number of halogens is 1. The van der Waals surface area contributed by atoms with E-state index in [0.29, 0.717) is 11.5 Å². The van der Waals surface area contributed by atoms with Gasteiger partial charge in [-0.2, -0.15) is 0 Å². The van der Waals surface area contributed by atoms with Crippen LogP contribution in [0.3, 0.4) is 0 Å². The van der Waals surface area contributed by atoms with E-state index in [2.05, 4.69) is 53.1 Å². The van der Waals surface area contributed by atoms with Crippen molar-refractivity contribution in [3.05, 3.63) is 22.4 Å². The van der Waals surface area contributed by atoms with Gasteiger partial charge in [0.2, 0.25) is 0 Å². The molecule has 1 unspecified atom stereocenters. The van der Waals surface area contributed by atoms with E-state index in [1.54, 1.807) is 0 Å². The second-order valence-corrected chi connectivity index (χ2v) is 6.68. The van der Waals surface area contributed by atoms with E-state index in [-0.39, 0.29) is 0 Å². The quantitative estimate of drug-likeness (QED) is 0.811. The standard InChI is InChI=1S/C14H21BrN2/c1-10-7-12(9-16-13(10)15)17-11-5-4-6-14(2,3)8-11/h7,9,11,17H,4-6,8H2,1-3H3. The number of hydrogen-bond donors (Lipinski definition) is 1. The zero-order valence-electron chi connectivity index (χ0n) is 10.9. The maximum atomic E-state index is 4.33. The second-order valence-electron chi connectivity index (χ2n) is 5.93. The van der Waals surface area contributed by atoms with E-state index in [9.17, 15) is 0 Å². The molecule has 1 aromatic heterocycles. The van der Waals surface area contributed by atoms with E-state index in [4.69, 9.17) is 0 Å². The lowest BCUT2D eigenvalue weighted by molar-refractivity contribution is 0.229. The molecule has 0 aliphatic heterocycles. The molecule has 0 spiro atoms. The summed E-state index contributed by atoms with van der Waals surface area (Å²) in [4.78, 5) is 4.33. The highest BCUT2D eigenvalue weighted by molar-refractivity contribution is 9.10. The normalized spacial score (nSPS) is 23.4. The van der Waals surface area contributed by atoms with Crippen molar-refractivity contribution in [1.82, 2.24) is 4.98 Å². The zero-order chi connectivity index (χ0) is 12.5. The summed E-state index contributed by atoms with van der Waals surface area (Å²) < 4.78 is 0.937. The third-order valence-corrected chi connectivity index (χ3v) is 4.42. The Labute approximate surface area is 112 Å². The first kappa shape index (κ1) is 12.9. The number of anilines is 1.